The summed E-state index contributed by atoms with van der Waals surface area (Å²) in [4.78, 5) is 17.5. The summed E-state index contributed by atoms with van der Waals surface area (Å²) >= 11 is 0. The summed E-state index contributed by atoms with van der Waals surface area (Å²) in [6.07, 6.45) is 13.0. The van der Waals surface area contributed by atoms with Crippen LogP contribution in [0.3, 0.4) is 0 Å². The van der Waals surface area contributed by atoms with Crippen molar-refractivity contribution in [3.63, 3.8) is 0 Å². The zero-order valence-corrected chi connectivity index (χ0v) is 13.0. The number of hydrogen-bond donors (Lipinski definition) is 2. The number of piperidine rings is 1. The molecule has 0 saturated carbocycles. The van der Waals surface area contributed by atoms with E-state index in [1.807, 2.05) is 10.6 Å². The van der Waals surface area contributed by atoms with Gasteiger partial charge in [0.15, 0.2) is 5.65 Å². The first-order chi connectivity index (χ1) is 11.3. The molecule has 118 valence electrons. The third kappa shape index (κ3) is 2.75. The van der Waals surface area contributed by atoms with Crippen molar-refractivity contribution in [2.75, 3.05) is 11.9 Å². The van der Waals surface area contributed by atoms with Gasteiger partial charge in [-0.15, -0.1) is 0 Å². The van der Waals surface area contributed by atoms with Gasteiger partial charge in [-0.1, -0.05) is 0 Å². The molecule has 0 aromatic carbocycles. The standard InChI is InChI=1S/C16H19N7/c1-11-12(3-2-4-19-11)21-15-9-18-7-13(22-15)14-8-20-16-10-17-5-6-23(14)16/h5-12,19H,2-4H2,1H3,(H,21,22)/t11-,12+/m1/s1. The molecule has 7 heteroatoms. The van der Waals surface area contributed by atoms with Crippen LogP contribution in [0.5, 0.6) is 0 Å². The Morgan fingerprint density at radius 2 is 2.17 bits per heavy atom. The van der Waals surface area contributed by atoms with Crippen LogP contribution in [0.25, 0.3) is 17.0 Å². The topological polar surface area (TPSA) is 80.0 Å². The van der Waals surface area contributed by atoms with E-state index >= 15 is 0 Å². The number of fused-ring (bicyclic) bond motifs is 1. The number of hydrogen-bond acceptors (Lipinski definition) is 6. The fraction of sp³-hybridized carbons (Fsp3) is 0.375. The van der Waals surface area contributed by atoms with Gasteiger partial charge in [0.2, 0.25) is 0 Å². The number of rotatable bonds is 3. The molecule has 1 aliphatic rings. The van der Waals surface area contributed by atoms with Crippen molar-refractivity contribution in [2.45, 2.75) is 31.8 Å². The molecule has 0 aliphatic carbocycles. The first-order valence-corrected chi connectivity index (χ1v) is 7.91. The number of anilines is 1. The first-order valence-electron chi connectivity index (χ1n) is 7.91. The molecule has 0 radical (unpaired) electrons. The van der Waals surface area contributed by atoms with Crippen LogP contribution in [0.2, 0.25) is 0 Å². The SMILES string of the molecule is C[C@H]1NCCC[C@@H]1Nc1cncc(-c2cnc3cnccn23)n1. The molecule has 23 heavy (non-hydrogen) atoms. The second-order valence-electron chi connectivity index (χ2n) is 5.87. The van der Waals surface area contributed by atoms with Crippen LogP contribution in [-0.4, -0.2) is 43.0 Å². The Kier molecular flexibility index (Phi) is 3.63. The zero-order valence-electron chi connectivity index (χ0n) is 13.0. The smallest absolute Gasteiger partial charge is 0.155 e. The quantitative estimate of drug-likeness (QED) is 0.767. The highest BCUT2D eigenvalue weighted by Gasteiger charge is 2.21. The Balaban J connectivity index is 1.63. The van der Waals surface area contributed by atoms with Gasteiger partial charge < -0.3 is 10.6 Å². The van der Waals surface area contributed by atoms with E-state index in [1.165, 1.54) is 6.42 Å². The molecule has 4 rings (SSSR count). The average molecular weight is 309 g/mol. The fourth-order valence-corrected chi connectivity index (χ4v) is 3.02. The highest BCUT2D eigenvalue weighted by Crippen LogP contribution is 2.20. The van der Waals surface area contributed by atoms with Gasteiger partial charge in [-0.2, -0.15) is 0 Å². The van der Waals surface area contributed by atoms with Crippen molar-refractivity contribution >= 4 is 11.5 Å². The molecule has 0 unspecified atom stereocenters. The summed E-state index contributed by atoms with van der Waals surface area (Å²) < 4.78 is 1.96. The molecule has 4 heterocycles. The molecule has 1 saturated heterocycles. The van der Waals surface area contributed by atoms with Crippen molar-refractivity contribution in [2.24, 2.45) is 0 Å². The van der Waals surface area contributed by atoms with Gasteiger partial charge in [0.25, 0.3) is 0 Å². The molecule has 7 nitrogen and oxygen atoms in total. The molecule has 0 spiro atoms. The summed E-state index contributed by atoms with van der Waals surface area (Å²) in [5.41, 5.74) is 2.51. The van der Waals surface area contributed by atoms with E-state index in [9.17, 15) is 0 Å². The van der Waals surface area contributed by atoms with Crippen LogP contribution in [0.1, 0.15) is 19.8 Å². The van der Waals surface area contributed by atoms with Gasteiger partial charge in [0.1, 0.15) is 11.5 Å². The number of nitrogens with one attached hydrogen (secondary N) is 2. The minimum atomic E-state index is 0.375. The van der Waals surface area contributed by atoms with Crippen molar-refractivity contribution in [1.29, 1.82) is 0 Å². The van der Waals surface area contributed by atoms with Gasteiger partial charge in [-0.3, -0.25) is 14.4 Å². The van der Waals surface area contributed by atoms with Crippen molar-refractivity contribution in [3.05, 3.63) is 37.2 Å². The monoisotopic (exact) mass is 309 g/mol. The van der Waals surface area contributed by atoms with Crippen LogP contribution >= 0.6 is 0 Å². The second-order valence-corrected chi connectivity index (χ2v) is 5.87. The van der Waals surface area contributed by atoms with E-state index in [4.69, 9.17) is 4.98 Å². The molecule has 2 N–H and O–H groups in total. The predicted octanol–water partition coefficient (Wildman–Crippen LogP) is 1.74. The van der Waals surface area contributed by atoms with Crippen LogP contribution in [0.4, 0.5) is 5.82 Å². The lowest BCUT2D eigenvalue weighted by atomic mass is 10.00. The maximum atomic E-state index is 4.71. The normalized spacial score (nSPS) is 21.4. The lowest BCUT2D eigenvalue weighted by Crippen LogP contribution is -2.46. The molecule has 0 bridgehead atoms. The van der Waals surface area contributed by atoms with E-state index in [0.717, 1.165) is 35.8 Å². The Bertz CT molecular complexity index is 813. The highest BCUT2D eigenvalue weighted by molar-refractivity contribution is 5.60. The van der Waals surface area contributed by atoms with Gasteiger partial charge in [0, 0.05) is 24.5 Å². The summed E-state index contributed by atoms with van der Waals surface area (Å²) in [6, 6.07) is 0.802. The number of imidazole rings is 1. The van der Waals surface area contributed by atoms with Crippen LogP contribution in [-0.2, 0) is 0 Å². The molecular formula is C16H19N7. The third-order valence-electron chi connectivity index (χ3n) is 4.31. The average Bonchev–Trinajstić information content (AvgIpc) is 3.01. The van der Waals surface area contributed by atoms with Crippen molar-refractivity contribution in [1.82, 2.24) is 29.7 Å². The van der Waals surface area contributed by atoms with Crippen LogP contribution in [0, 0.1) is 0 Å². The Morgan fingerprint density at radius 3 is 3.09 bits per heavy atom. The van der Waals surface area contributed by atoms with Gasteiger partial charge >= 0.3 is 0 Å². The fourth-order valence-electron chi connectivity index (χ4n) is 3.02. The van der Waals surface area contributed by atoms with E-state index < -0.39 is 0 Å². The van der Waals surface area contributed by atoms with Crippen molar-refractivity contribution < 1.29 is 0 Å². The van der Waals surface area contributed by atoms with Crippen LogP contribution in [0.15, 0.2) is 37.2 Å². The molecule has 1 aliphatic heterocycles. The zero-order chi connectivity index (χ0) is 15.6. The summed E-state index contributed by atoms with van der Waals surface area (Å²) in [5.74, 6) is 0.798. The first kappa shape index (κ1) is 14.1. The summed E-state index contributed by atoms with van der Waals surface area (Å²) in [7, 11) is 0. The van der Waals surface area contributed by atoms with E-state index in [0.29, 0.717) is 12.1 Å². The molecule has 3 aromatic heterocycles. The predicted molar refractivity (Wildman–Crippen MR) is 88.1 cm³/mol. The lowest BCUT2D eigenvalue weighted by molar-refractivity contribution is 0.388. The molecular weight excluding hydrogens is 290 g/mol. The highest BCUT2D eigenvalue weighted by atomic mass is 15.1. The lowest BCUT2D eigenvalue weighted by Gasteiger charge is -2.30. The largest absolute Gasteiger partial charge is 0.364 e. The van der Waals surface area contributed by atoms with Crippen molar-refractivity contribution in [3.8, 4) is 11.4 Å². The Labute approximate surface area is 134 Å². The van der Waals surface area contributed by atoms with E-state index in [2.05, 4.69) is 32.5 Å². The minimum Gasteiger partial charge on any atom is -0.364 e. The third-order valence-corrected chi connectivity index (χ3v) is 4.31. The Hall–Kier alpha value is -2.54. The number of nitrogens with zero attached hydrogens (tertiary/aromatic N) is 5. The van der Waals surface area contributed by atoms with E-state index in [1.54, 1.807) is 31.0 Å². The molecule has 2 atom stereocenters. The maximum Gasteiger partial charge on any atom is 0.155 e. The number of aromatic nitrogens is 5. The van der Waals surface area contributed by atoms with Gasteiger partial charge in [0.05, 0.1) is 30.5 Å². The summed E-state index contributed by atoms with van der Waals surface area (Å²) in [5, 5.41) is 6.99. The maximum absolute atomic E-state index is 4.71. The molecule has 3 aromatic rings. The van der Waals surface area contributed by atoms with E-state index in [-0.39, 0.29) is 0 Å². The Morgan fingerprint density at radius 1 is 1.22 bits per heavy atom. The minimum absolute atomic E-state index is 0.375. The molecule has 1 fully saturated rings. The molecule has 0 amide bonds. The van der Waals surface area contributed by atoms with Gasteiger partial charge in [-0.25, -0.2) is 9.97 Å². The van der Waals surface area contributed by atoms with Gasteiger partial charge in [-0.05, 0) is 26.3 Å². The summed E-state index contributed by atoms with van der Waals surface area (Å²) in [6.45, 7) is 3.28. The second kappa shape index (κ2) is 5.92. The van der Waals surface area contributed by atoms with Crippen LogP contribution < -0.4 is 10.6 Å².